The number of ether oxygens (including phenoxy) is 2. The number of hydrogen-bond donors (Lipinski definition) is 2. The lowest BCUT2D eigenvalue weighted by Gasteiger charge is -2.34. The average Bonchev–Trinajstić information content (AvgIpc) is 3.08. The molecule has 1 aromatic heterocycles. The first-order chi connectivity index (χ1) is 15.7. The zero-order chi connectivity index (χ0) is 22.2. The number of hydrogen-bond acceptors (Lipinski definition) is 6. The van der Waals surface area contributed by atoms with E-state index in [0.29, 0.717) is 19.8 Å². The molecule has 8 nitrogen and oxygen atoms in total. The number of pyridine rings is 1. The molecule has 0 aliphatic carbocycles. The van der Waals surface area contributed by atoms with Crippen LogP contribution in [-0.4, -0.2) is 68.3 Å². The predicted molar refractivity (Wildman–Crippen MR) is 144 cm³/mol. The van der Waals surface area contributed by atoms with Gasteiger partial charge in [0.05, 0.1) is 19.8 Å². The molecule has 0 unspecified atom stereocenters. The van der Waals surface area contributed by atoms with E-state index < -0.39 is 0 Å². The third kappa shape index (κ3) is 7.10. The Morgan fingerprint density at radius 3 is 2.58 bits per heavy atom. The van der Waals surface area contributed by atoms with Crippen LogP contribution in [0.3, 0.4) is 0 Å². The monoisotopic (exact) mass is 566 g/mol. The van der Waals surface area contributed by atoms with Crippen molar-refractivity contribution in [3.63, 3.8) is 0 Å². The van der Waals surface area contributed by atoms with Crippen LogP contribution in [0.4, 0.5) is 11.5 Å². The highest BCUT2D eigenvalue weighted by Gasteiger charge is 2.17. The molecule has 2 N–H and O–H groups in total. The summed E-state index contributed by atoms with van der Waals surface area (Å²) in [6, 6.07) is 10.1. The maximum Gasteiger partial charge on any atom is 0.196 e. The molecule has 33 heavy (non-hydrogen) atoms. The topological polar surface area (TPSA) is 74.3 Å². The minimum atomic E-state index is 0. The number of likely N-dealkylation sites (N-methyl/N-ethyl adjacent to an activating group) is 1. The molecule has 3 heterocycles. The molecule has 180 valence electrons. The summed E-state index contributed by atoms with van der Waals surface area (Å²) in [7, 11) is 0. The minimum Gasteiger partial charge on any atom is -0.490 e. The number of guanidine groups is 1. The second-order valence-electron chi connectivity index (χ2n) is 7.98. The van der Waals surface area contributed by atoms with E-state index in [0.717, 1.165) is 80.2 Å². The summed E-state index contributed by atoms with van der Waals surface area (Å²) in [5.41, 5.74) is 2.06. The first kappa shape index (κ1) is 25.4. The molecule has 9 heteroatoms. The molecule has 0 atom stereocenters. The van der Waals surface area contributed by atoms with Gasteiger partial charge < -0.3 is 29.9 Å². The Bertz CT molecular complexity index is 918. The molecular formula is C24H35IN6O2. The van der Waals surface area contributed by atoms with Gasteiger partial charge in [-0.15, -0.1) is 24.0 Å². The number of halogens is 1. The van der Waals surface area contributed by atoms with Gasteiger partial charge in [0.2, 0.25) is 0 Å². The first-order valence-corrected chi connectivity index (χ1v) is 11.6. The lowest BCUT2D eigenvalue weighted by molar-refractivity contribution is 0.270. The molecule has 2 aliphatic rings. The van der Waals surface area contributed by atoms with Gasteiger partial charge in [0, 0.05) is 57.1 Å². The molecule has 1 saturated heterocycles. The van der Waals surface area contributed by atoms with Gasteiger partial charge in [0.1, 0.15) is 5.82 Å². The molecule has 2 aromatic rings. The van der Waals surface area contributed by atoms with Crippen molar-refractivity contribution in [3.8, 4) is 11.5 Å². The number of nitrogens with zero attached hydrogens (tertiary/aromatic N) is 4. The van der Waals surface area contributed by atoms with Crippen LogP contribution in [0.2, 0.25) is 0 Å². The number of fused-ring (bicyclic) bond motifs is 1. The Kier molecular flexibility index (Phi) is 9.86. The second-order valence-corrected chi connectivity index (χ2v) is 7.98. The number of anilines is 2. The molecule has 0 bridgehead atoms. The third-order valence-corrected chi connectivity index (χ3v) is 5.73. The molecule has 2 aliphatic heterocycles. The van der Waals surface area contributed by atoms with Crippen molar-refractivity contribution in [2.24, 2.45) is 4.99 Å². The van der Waals surface area contributed by atoms with E-state index in [9.17, 15) is 0 Å². The molecule has 1 aromatic carbocycles. The summed E-state index contributed by atoms with van der Waals surface area (Å²) in [5, 5.41) is 6.70. The van der Waals surface area contributed by atoms with Crippen LogP contribution in [0.25, 0.3) is 0 Å². The van der Waals surface area contributed by atoms with Crippen LogP contribution in [0, 0.1) is 0 Å². The molecule has 0 radical (unpaired) electrons. The smallest absolute Gasteiger partial charge is 0.196 e. The number of rotatable bonds is 6. The fourth-order valence-corrected chi connectivity index (χ4v) is 3.88. The number of nitrogens with one attached hydrogen (secondary N) is 2. The fourth-order valence-electron chi connectivity index (χ4n) is 3.88. The summed E-state index contributed by atoms with van der Waals surface area (Å²) in [6.07, 6.45) is 2.78. The van der Waals surface area contributed by atoms with Gasteiger partial charge in [-0.1, -0.05) is 6.92 Å². The SMILES string of the molecule is CCNC(=NCc1ccnc(N2CCN(CC)CC2)c1)Nc1ccc2c(c1)OCCCO2.I. The number of benzene rings is 1. The van der Waals surface area contributed by atoms with Crippen LogP contribution >= 0.6 is 24.0 Å². The van der Waals surface area contributed by atoms with Crippen LogP contribution in [0.15, 0.2) is 41.5 Å². The van der Waals surface area contributed by atoms with E-state index in [1.54, 1.807) is 0 Å². The molecule has 1 fully saturated rings. The normalized spacial score (nSPS) is 16.5. The Balaban J connectivity index is 0.00000306. The van der Waals surface area contributed by atoms with Crippen molar-refractivity contribution >= 4 is 41.4 Å². The lowest BCUT2D eigenvalue weighted by Crippen LogP contribution is -2.46. The molecule has 0 amide bonds. The van der Waals surface area contributed by atoms with E-state index in [4.69, 9.17) is 14.5 Å². The van der Waals surface area contributed by atoms with Gasteiger partial charge >= 0.3 is 0 Å². The summed E-state index contributed by atoms with van der Waals surface area (Å²) >= 11 is 0. The fraction of sp³-hybridized carbons (Fsp3) is 0.500. The zero-order valence-corrected chi connectivity index (χ0v) is 21.9. The van der Waals surface area contributed by atoms with E-state index in [2.05, 4.69) is 45.3 Å². The first-order valence-electron chi connectivity index (χ1n) is 11.6. The van der Waals surface area contributed by atoms with E-state index in [-0.39, 0.29) is 24.0 Å². The van der Waals surface area contributed by atoms with Crippen LogP contribution in [-0.2, 0) is 6.54 Å². The standard InChI is InChI=1S/C24H34N6O2.HI/c1-3-25-24(28-20-6-7-21-22(17-20)32-15-5-14-31-21)27-18-19-8-9-26-23(16-19)30-12-10-29(4-2)11-13-30;/h6-9,16-17H,3-5,10-15,18H2,1-2H3,(H2,25,27,28);1H. The zero-order valence-electron chi connectivity index (χ0n) is 19.5. The van der Waals surface area contributed by atoms with Gasteiger partial charge in [0.25, 0.3) is 0 Å². The Hall–Kier alpha value is -2.27. The number of aromatic nitrogens is 1. The molecule has 4 rings (SSSR count). The quantitative estimate of drug-likeness (QED) is 0.315. The average molecular weight is 566 g/mol. The van der Waals surface area contributed by atoms with Crippen molar-refractivity contribution in [1.82, 2.24) is 15.2 Å². The molecule has 0 saturated carbocycles. The summed E-state index contributed by atoms with van der Waals surface area (Å²) in [6.45, 7) is 12.3. The van der Waals surface area contributed by atoms with Crippen molar-refractivity contribution in [1.29, 1.82) is 0 Å². The van der Waals surface area contributed by atoms with Crippen LogP contribution in [0.1, 0.15) is 25.8 Å². The van der Waals surface area contributed by atoms with Crippen LogP contribution in [0.5, 0.6) is 11.5 Å². The Morgan fingerprint density at radius 1 is 1.03 bits per heavy atom. The summed E-state index contributed by atoms with van der Waals surface area (Å²) < 4.78 is 11.5. The number of piperazine rings is 1. The Labute approximate surface area is 213 Å². The predicted octanol–water partition coefficient (Wildman–Crippen LogP) is 3.58. The van der Waals surface area contributed by atoms with Crippen molar-refractivity contribution in [3.05, 3.63) is 42.1 Å². The van der Waals surface area contributed by atoms with Gasteiger partial charge in [-0.3, -0.25) is 0 Å². The number of aliphatic imine (C=N–C) groups is 1. The third-order valence-electron chi connectivity index (χ3n) is 5.73. The van der Waals surface area contributed by atoms with Gasteiger partial charge in [0.15, 0.2) is 17.5 Å². The lowest BCUT2D eigenvalue weighted by atomic mass is 10.2. The highest BCUT2D eigenvalue weighted by molar-refractivity contribution is 14.0. The van der Waals surface area contributed by atoms with E-state index in [1.807, 2.05) is 30.5 Å². The Morgan fingerprint density at radius 2 is 1.82 bits per heavy atom. The largest absolute Gasteiger partial charge is 0.490 e. The van der Waals surface area contributed by atoms with Crippen molar-refractivity contribution in [2.75, 3.05) is 62.7 Å². The van der Waals surface area contributed by atoms with E-state index >= 15 is 0 Å². The van der Waals surface area contributed by atoms with Gasteiger partial charge in [-0.2, -0.15) is 0 Å². The molecular weight excluding hydrogens is 531 g/mol. The highest BCUT2D eigenvalue weighted by Crippen LogP contribution is 2.32. The second kappa shape index (κ2) is 12.8. The van der Waals surface area contributed by atoms with Gasteiger partial charge in [-0.25, -0.2) is 9.98 Å². The van der Waals surface area contributed by atoms with E-state index in [1.165, 1.54) is 0 Å². The highest BCUT2D eigenvalue weighted by atomic mass is 127. The maximum absolute atomic E-state index is 5.80. The van der Waals surface area contributed by atoms with Crippen molar-refractivity contribution in [2.45, 2.75) is 26.8 Å². The van der Waals surface area contributed by atoms with Gasteiger partial charge in [-0.05, 0) is 43.3 Å². The van der Waals surface area contributed by atoms with Crippen molar-refractivity contribution < 1.29 is 9.47 Å². The summed E-state index contributed by atoms with van der Waals surface area (Å²) in [5.74, 6) is 3.33. The maximum atomic E-state index is 5.80. The summed E-state index contributed by atoms with van der Waals surface area (Å²) in [4.78, 5) is 14.2. The van der Waals surface area contributed by atoms with Crippen LogP contribution < -0.4 is 25.0 Å². The minimum absolute atomic E-state index is 0. The molecule has 0 spiro atoms.